The number of piperazine rings is 1. The summed E-state index contributed by atoms with van der Waals surface area (Å²) in [7, 11) is 0. The molecule has 0 aliphatic carbocycles. The van der Waals surface area contributed by atoms with Gasteiger partial charge in [0.05, 0.1) is 18.8 Å². The fourth-order valence-corrected chi connectivity index (χ4v) is 4.41. The van der Waals surface area contributed by atoms with Crippen molar-refractivity contribution in [3.05, 3.63) is 83.2 Å². The first-order chi connectivity index (χ1) is 17.5. The summed E-state index contributed by atoms with van der Waals surface area (Å²) in [5, 5.41) is 8.12. The van der Waals surface area contributed by atoms with E-state index in [1.165, 1.54) is 24.3 Å². The first-order valence-corrected chi connectivity index (χ1v) is 12.2. The summed E-state index contributed by atoms with van der Waals surface area (Å²) < 4.78 is 39.8. The first-order valence-electron chi connectivity index (χ1n) is 12.2. The Morgan fingerprint density at radius 2 is 1.42 bits per heavy atom. The zero-order chi connectivity index (χ0) is 25.5. The summed E-state index contributed by atoms with van der Waals surface area (Å²) in [5.74, 6) is -0.812. The lowest BCUT2D eigenvalue weighted by Gasteiger charge is -2.39. The Hall–Kier alpha value is -3.21. The van der Waals surface area contributed by atoms with Crippen molar-refractivity contribution in [1.29, 1.82) is 0 Å². The molecule has 1 aromatic heterocycles. The molecule has 8 nitrogen and oxygen atoms in total. The molecule has 2 heterocycles. The normalized spacial score (nSPS) is 14.7. The van der Waals surface area contributed by atoms with Gasteiger partial charge >= 0.3 is 0 Å². The summed E-state index contributed by atoms with van der Waals surface area (Å²) in [4.78, 5) is 17.1. The standard InChI is InChI=1S/C26H31F2N5O3/c1-3-35-24(36-4-2)18-33-17-23(29-30-33)26(34)32-15-13-31(14-16-32)25(19-5-9-21(27)10-6-19)20-7-11-22(28)12-8-20/h5-12,17,24-25H,3-4,13-16,18H2,1-2H3. The second-order valence-electron chi connectivity index (χ2n) is 8.50. The average Bonchev–Trinajstić information content (AvgIpc) is 3.35. The number of hydrogen-bond donors (Lipinski definition) is 0. The highest BCUT2D eigenvalue weighted by Gasteiger charge is 2.29. The van der Waals surface area contributed by atoms with Crippen LogP contribution in [0, 0.1) is 11.6 Å². The van der Waals surface area contributed by atoms with E-state index in [9.17, 15) is 13.6 Å². The summed E-state index contributed by atoms with van der Waals surface area (Å²) >= 11 is 0. The van der Waals surface area contributed by atoms with Gasteiger partial charge in [-0.3, -0.25) is 9.69 Å². The maximum atomic E-state index is 13.6. The van der Waals surface area contributed by atoms with Crippen molar-refractivity contribution in [2.24, 2.45) is 0 Å². The van der Waals surface area contributed by atoms with Crippen molar-refractivity contribution < 1.29 is 23.0 Å². The van der Waals surface area contributed by atoms with E-state index in [1.807, 2.05) is 13.8 Å². The molecule has 1 amide bonds. The van der Waals surface area contributed by atoms with Crippen LogP contribution in [0.25, 0.3) is 0 Å². The minimum absolute atomic E-state index is 0.182. The predicted octanol–water partition coefficient (Wildman–Crippen LogP) is 3.50. The SMILES string of the molecule is CCOC(Cn1cc(C(=O)N2CCN(C(c3ccc(F)cc3)c3ccc(F)cc3)CC2)nn1)OCC. The molecule has 4 rings (SSSR count). The average molecular weight is 500 g/mol. The molecule has 2 aromatic carbocycles. The second kappa shape index (κ2) is 12.2. The molecule has 1 fully saturated rings. The highest BCUT2D eigenvalue weighted by Crippen LogP contribution is 2.30. The molecular formula is C26H31F2N5O3. The van der Waals surface area contributed by atoms with Gasteiger partial charge in [-0.25, -0.2) is 13.5 Å². The van der Waals surface area contributed by atoms with Gasteiger partial charge in [0.15, 0.2) is 12.0 Å². The molecule has 0 unspecified atom stereocenters. The van der Waals surface area contributed by atoms with Gasteiger partial charge in [-0.15, -0.1) is 5.10 Å². The van der Waals surface area contributed by atoms with E-state index in [-0.39, 0.29) is 29.3 Å². The topological polar surface area (TPSA) is 72.7 Å². The molecular weight excluding hydrogens is 468 g/mol. The molecule has 192 valence electrons. The van der Waals surface area contributed by atoms with Gasteiger partial charge in [-0.1, -0.05) is 29.5 Å². The van der Waals surface area contributed by atoms with Crippen LogP contribution in [-0.2, 0) is 16.0 Å². The van der Waals surface area contributed by atoms with E-state index in [2.05, 4.69) is 15.2 Å². The lowest BCUT2D eigenvalue weighted by atomic mass is 9.96. The van der Waals surface area contributed by atoms with Crippen molar-refractivity contribution in [3.8, 4) is 0 Å². The summed E-state index contributed by atoms with van der Waals surface area (Å²) in [5.41, 5.74) is 2.08. The Morgan fingerprint density at radius 1 is 0.889 bits per heavy atom. The molecule has 1 aliphatic rings. The predicted molar refractivity (Wildman–Crippen MR) is 129 cm³/mol. The van der Waals surface area contributed by atoms with Crippen LogP contribution >= 0.6 is 0 Å². The largest absolute Gasteiger partial charge is 0.351 e. The molecule has 1 aliphatic heterocycles. The van der Waals surface area contributed by atoms with Crippen LogP contribution in [0.1, 0.15) is 41.5 Å². The van der Waals surface area contributed by atoms with Gasteiger partial charge in [0.25, 0.3) is 5.91 Å². The maximum Gasteiger partial charge on any atom is 0.276 e. The van der Waals surface area contributed by atoms with Crippen LogP contribution in [0.2, 0.25) is 0 Å². The van der Waals surface area contributed by atoms with Crippen molar-refractivity contribution in [1.82, 2.24) is 24.8 Å². The Bertz CT molecular complexity index is 1060. The van der Waals surface area contributed by atoms with Crippen LogP contribution in [0.5, 0.6) is 0 Å². The number of carbonyl (C=O) groups is 1. The summed E-state index contributed by atoms with van der Waals surface area (Å²) in [6.45, 7) is 7.30. The van der Waals surface area contributed by atoms with Crippen LogP contribution in [0.3, 0.4) is 0 Å². The zero-order valence-electron chi connectivity index (χ0n) is 20.5. The monoisotopic (exact) mass is 499 g/mol. The Balaban J connectivity index is 1.43. The van der Waals surface area contributed by atoms with Crippen molar-refractivity contribution >= 4 is 5.91 Å². The van der Waals surface area contributed by atoms with Crippen LogP contribution in [-0.4, -0.2) is 76.4 Å². The highest BCUT2D eigenvalue weighted by molar-refractivity contribution is 5.92. The third-order valence-electron chi connectivity index (χ3n) is 6.14. The molecule has 0 atom stereocenters. The van der Waals surface area contributed by atoms with Gasteiger partial charge in [-0.2, -0.15) is 0 Å². The van der Waals surface area contributed by atoms with Gasteiger partial charge in [-0.05, 0) is 49.2 Å². The van der Waals surface area contributed by atoms with E-state index in [1.54, 1.807) is 40.0 Å². The van der Waals surface area contributed by atoms with Gasteiger partial charge in [0.2, 0.25) is 0 Å². The van der Waals surface area contributed by atoms with Crippen LogP contribution in [0.15, 0.2) is 54.7 Å². The van der Waals surface area contributed by atoms with Gasteiger partial charge in [0.1, 0.15) is 11.6 Å². The Morgan fingerprint density at radius 3 is 1.92 bits per heavy atom. The molecule has 0 bridgehead atoms. The summed E-state index contributed by atoms with van der Waals surface area (Å²) in [6.07, 6.45) is 1.16. The van der Waals surface area contributed by atoms with Gasteiger partial charge < -0.3 is 14.4 Å². The van der Waals surface area contributed by atoms with E-state index < -0.39 is 6.29 Å². The fourth-order valence-electron chi connectivity index (χ4n) is 4.41. The number of benzene rings is 2. The molecule has 0 saturated carbocycles. The summed E-state index contributed by atoms with van der Waals surface area (Å²) in [6, 6.07) is 12.5. The number of aromatic nitrogens is 3. The third kappa shape index (κ3) is 6.31. The molecule has 0 spiro atoms. The quantitative estimate of drug-likeness (QED) is 0.398. The second-order valence-corrected chi connectivity index (χ2v) is 8.50. The van der Waals surface area contributed by atoms with Crippen LogP contribution < -0.4 is 0 Å². The number of ether oxygens (including phenoxy) is 2. The number of nitrogens with zero attached hydrogens (tertiary/aromatic N) is 5. The maximum absolute atomic E-state index is 13.6. The molecule has 3 aromatic rings. The minimum Gasteiger partial charge on any atom is -0.351 e. The number of halogens is 2. The zero-order valence-corrected chi connectivity index (χ0v) is 20.5. The lowest BCUT2D eigenvalue weighted by molar-refractivity contribution is -0.145. The number of amides is 1. The Labute approximate surface area is 209 Å². The van der Waals surface area contributed by atoms with Crippen LogP contribution in [0.4, 0.5) is 8.78 Å². The Kier molecular flexibility index (Phi) is 8.74. The number of hydrogen-bond acceptors (Lipinski definition) is 6. The third-order valence-corrected chi connectivity index (χ3v) is 6.14. The first kappa shape index (κ1) is 25.9. The fraction of sp³-hybridized carbons (Fsp3) is 0.423. The molecule has 10 heteroatoms. The van der Waals surface area contributed by atoms with E-state index in [0.717, 1.165) is 11.1 Å². The van der Waals surface area contributed by atoms with E-state index in [4.69, 9.17) is 9.47 Å². The highest BCUT2D eigenvalue weighted by atomic mass is 19.1. The van der Waals surface area contributed by atoms with Crippen molar-refractivity contribution in [2.45, 2.75) is 32.7 Å². The number of rotatable bonds is 10. The van der Waals surface area contributed by atoms with Crippen molar-refractivity contribution in [2.75, 3.05) is 39.4 Å². The number of carbonyl (C=O) groups excluding carboxylic acids is 1. The van der Waals surface area contributed by atoms with E-state index in [0.29, 0.717) is 45.9 Å². The molecule has 36 heavy (non-hydrogen) atoms. The smallest absolute Gasteiger partial charge is 0.276 e. The minimum atomic E-state index is -0.456. The lowest BCUT2D eigenvalue weighted by Crippen LogP contribution is -2.50. The molecule has 1 saturated heterocycles. The molecule has 0 N–H and O–H groups in total. The van der Waals surface area contributed by atoms with E-state index >= 15 is 0 Å². The van der Waals surface area contributed by atoms with Crippen molar-refractivity contribution in [3.63, 3.8) is 0 Å². The van der Waals surface area contributed by atoms with Gasteiger partial charge in [0, 0.05) is 39.4 Å². The molecule has 0 radical (unpaired) electrons.